The number of alkyl halides is 3. The number of hydrogen-bond donors (Lipinski definition) is 1. The van der Waals surface area contributed by atoms with E-state index in [-0.39, 0.29) is 13.0 Å². The Morgan fingerprint density at radius 1 is 1.39 bits per heavy atom. The number of amides is 1. The number of likely N-dealkylation sites (tertiary alicyclic amines) is 1. The maximum atomic E-state index is 12.4. The molecule has 1 heterocycles. The summed E-state index contributed by atoms with van der Waals surface area (Å²) in [6, 6.07) is -1.25. The van der Waals surface area contributed by atoms with Crippen molar-refractivity contribution in [1.82, 2.24) is 4.90 Å². The van der Waals surface area contributed by atoms with Crippen LogP contribution in [0.3, 0.4) is 0 Å². The molecule has 7 heteroatoms. The van der Waals surface area contributed by atoms with Gasteiger partial charge in [0.1, 0.15) is 5.60 Å². The fraction of sp³-hybridized carbons (Fsp3) is 0.909. The van der Waals surface area contributed by atoms with Gasteiger partial charge in [-0.1, -0.05) is 0 Å². The molecule has 1 aliphatic heterocycles. The first-order chi connectivity index (χ1) is 8.02. The molecule has 0 bridgehead atoms. The van der Waals surface area contributed by atoms with Gasteiger partial charge in [-0.15, -0.1) is 0 Å². The van der Waals surface area contributed by atoms with Crippen LogP contribution < -0.4 is 0 Å². The molecule has 0 aromatic rings. The molecule has 4 nitrogen and oxygen atoms in total. The number of aliphatic hydroxyl groups excluding tert-OH is 1. The van der Waals surface area contributed by atoms with Crippen LogP contribution >= 0.6 is 0 Å². The molecule has 0 saturated carbocycles. The fourth-order valence-electron chi connectivity index (χ4n) is 1.89. The molecular weight excluding hydrogens is 251 g/mol. The minimum absolute atomic E-state index is 0.125. The summed E-state index contributed by atoms with van der Waals surface area (Å²) in [5.74, 6) is 0. The van der Waals surface area contributed by atoms with Gasteiger partial charge in [-0.3, -0.25) is 0 Å². The van der Waals surface area contributed by atoms with Gasteiger partial charge in [0.25, 0.3) is 0 Å². The summed E-state index contributed by atoms with van der Waals surface area (Å²) in [6.45, 7) is 5.08. The normalized spacial score (nSPS) is 23.1. The van der Waals surface area contributed by atoms with E-state index in [4.69, 9.17) is 4.74 Å². The van der Waals surface area contributed by atoms with E-state index in [9.17, 15) is 23.1 Å². The lowest BCUT2D eigenvalue weighted by Crippen LogP contribution is -2.50. The smallest absolute Gasteiger partial charge is 0.416 e. The second-order valence-corrected chi connectivity index (χ2v) is 5.37. The highest BCUT2D eigenvalue weighted by Crippen LogP contribution is 2.31. The van der Waals surface area contributed by atoms with Crippen LogP contribution in [0.5, 0.6) is 0 Å². The third-order valence-corrected chi connectivity index (χ3v) is 2.63. The molecule has 1 N–H and O–H groups in total. The molecular formula is C11H18F3NO3. The lowest BCUT2D eigenvalue weighted by Gasteiger charge is -2.31. The summed E-state index contributed by atoms with van der Waals surface area (Å²) in [7, 11) is 0. The van der Waals surface area contributed by atoms with Crippen LogP contribution in [0, 0.1) is 0 Å². The molecule has 0 radical (unpaired) electrons. The molecule has 0 unspecified atom stereocenters. The summed E-state index contributed by atoms with van der Waals surface area (Å²) in [4.78, 5) is 12.7. The Bertz CT molecular complexity index is 312. The molecule has 0 aromatic carbocycles. The number of nitrogens with zero attached hydrogens (tertiary/aromatic N) is 1. The van der Waals surface area contributed by atoms with E-state index < -0.39 is 30.0 Å². The number of aliphatic hydroxyl groups is 1. The van der Waals surface area contributed by atoms with Crippen molar-refractivity contribution in [2.45, 2.75) is 57.5 Å². The average Bonchev–Trinajstić information content (AvgIpc) is 2.60. The van der Waals surface area contributed by atoms with Gasteiger partial charge < -0.3 is 14.7 Å². The highest BCUT2D eigenvalue weighted by molar-refractivity contribution is 5.69. The molecule has 1 fully saturated rings. The molecule has 0 aliphatic carbocycles. The van der Waals surface area contributed by atoms with Gasteiger partial charge in [0.05, 0.1) is 6.04 Å². The Labute approximate surface area is 104 Å². The largest absolute Gasteiger partial charge is 0.444 e. The van der Waals surface area contributed by atoms with Gasteiger partial charge in [-0.25, -0.2) is 4.79 Å². The van der Waals surface area contributed by atoms with Crippen molar-refractivity contribution in [2.75, 3.05) is 6.54 Å². The van der Waals surface area contributed by atoms with Crippen molar-refractivity contribution < 1.29 is 27.8 Å². The van der Waals surface area contributed by atoms with Crippen LogP contribution in [0.15, 0.2) is 0 Å². The maximum absolute atomic E-state index is 12.4. The van der Waals surface area contributed by atoms with Gasteiger partial charge in [0, 0.05) is 6.54 Å². The van der Waals surface area contributed by atoms with E-state index in [1.807, 2.05) is 0 Å². The zero-order chi connectivity index (χ0) is 14.1. The SMILES string of the molecule is CC(C)(C)OC(=O)N1CCC[C@@H]1[C@@H](O)C(F)(F)F. The van der Waals surface area contributed by atoms with E-state index in [2.05, 4.69) is 0 Å². The van der Waals surface area contributed by atoms with Crippen LogP contribution in [0.4, 0.5) is 18.0 Å². The summed E-state index contributed by atoms with van der Waals surface area (Å²) >= 11 is 0. The third kappa shape index (κ3) is 3.76. The van der Waals surface area contributed by atoms with Crippen molar-refractivity contribution >= 4 is 6.09 Å². The second-order valence-electron chi connectivity index (χ2n) is 5.37. The van der Waals surface area contributed by atoms with Gasteiger partial charge >= 0.3 is 12.3 Å². The zero-order valence-electron chi connectivity index (χ0n) is 10.6. The van der Waals surface area contributed by atoms with Gasteiger partial charge in [0.2, 0.25) is 0 Å². The predicted octanol–water partition coefficient (Wildman–Crippen LogP) is 2.31. The molecule has 1 saturated heterocycles. The highest BCUT2D eigenvalue weighted by Gasteiger charge is 2.48. The summed E-state index contributed by atoms with van der Waals surface area (Å²) in [5, 5.41) is 9.23. The predicted molar refractivity (Wildman–Crippen MR) is 58.0 cm³/mol. The Hall–Kier alpha value is -0.980. The van der Waals surface area contributed by atoms with E-state index in [1.54, 1.807) is 20.8 Å². The molecule has 1 amide bonds. The maximum Gasteiger partial charge on any atom is 0.416 e. The Morgan fingerprint density at radius 3 is 2.39 bits per heavy atom. The van der Waals surface area contributed by atoms with E-state index in [0.29, 0.717) is 6.42 Å². The van der Waals surface area contributed by atoms with Gasteiger partial charge in [-0.05, 0) is 33.6 Å². The third-order valence-electron chi connectivity index (χ3n) is 2.63. The van der Waals surface area contributed by atoms with Crippen molar-refractivity contribution in [3.05, 3.63) is 0 Å². The molecule has 2 atom stereocenters. The van der Waals surface area contributed by atoms with Crippen LogP contribution in [-0.4, -0.2) is 46.6 Å². The van der Waals surface area contributed by atoms with Gasteiger partial charge in [-0.2, -0.15) is 13.2 Å². The monoisotopic (exact) mass is 269 g/mol. The van der Waals surface area contributed by atoms with Crippen LogP contribution in [0.2, 0.25) is 0 Å². The number of carbonyl (C=O) groups is 1. The minimum Gasteiger partial charge on any atom is -0.444 e. The molecule has 1 aliphatic rings. The lowest BCUT2D eigenvalue weighted by molar-refractivity contribution is -0.217. The standard InChI is InChI=1S/C11H18F3NO3/c1-10(2,3)18-9(17)15-6-4-5-7(15)8(16)11(12,13)14/h7-8,16H,4-6H2,1-3H3/t7-,8-/m1/s1. The van der Waals surface area contributed by atoms with Gasteiger partial charge in [0.15, 0.2) is 6.10 Å². The highest BCUT2D eigenvalue weighted by atomic mass is 19.4. The lowest BCUT2D eigenvalue weighted by atomic mass is 10.1. The second kappa shape index (κ2) is 4.95. The van der Waals surface area contributed by atoms with Crippen molar-refractivity contribution in [2.24, 2.45) is 0 Å². The molecule has 0 spiro atoms. The van der Waals surface area contributed by atoms with E-state index >= 15 is 0 Å². The van der Waals surface area contributed by atoms with Crippen molar-refractivity contribution in [3.8, 4) is 0 Å². The van der Waals surface area contributed by atoms with Crippen LogP contribution in [0.25, 0.3) is 0 Å². The molecule has 1 rings (SSSR count). The minimum atomic E-state index is -4.73. The number of hydrogen-bond acceptors (Lipinski definition) is 3. The number of carbonyl (C=O) groups excluding carboxylic acids is 1. The first-order valence-electron chi connectivity index (χ1n) is 5.77. The van der Waals surface area contributed by atoms with Crippen molar-refractivity contribution in [1.29, 1.82) is 0 Å². The van der Waals surface area contributed by atoms with Crippen LogP contribution in [-0.2, 0) is 4.74 Å². The summed E-state index contributed by atoms with van der Waals surface area (Å²) in [5.41, 5.74) is -0.770. The first-order valence-corrected chi connectivity index (χ1v) is 5.77. The zero-order valence-corrected chi connectivity index (χ0v) is 10.6. The molecule has 18 heavy (non-hydrogen) atoms. The fourth-order valence-corrected chi connectivity index (χ4v) is 1.89. The number of rotatable bonds is 1. The Morgan fingerprint density at radius 2 is 1.94 bits per heavy atom. The first kappa shape index (κ1) is 15.1. The average molecular weight is 269 g/mol. The van der Waals surface area contributed by atoms with Crippen molar-refractivity contribution in [3.63, 3.8) is 0 Å². The van der Waals surface area contributed by atoms with E-state index in [1.165, 1.54) is 0 Å². The quantitative estimate of drug-likeness (QED) is 0.794. The Balaban J connectivity index is 2.74. The van der Waals surface area contributed by atoms with Crippen LogP contribution in [0.1, 0.15) is 33.6 Å². The number of ether oxygens (including phenoxy) is 1. The Kier molecular flexibility index (Phi) is 4.15. The topological polar surface area (TPSA) is 49.8 Å². The van der Waals surface area contributed by atoms with E-state index in [0.717, 1.165) is 4.90 Å². The summed E-state index contributed by atoms with van der Waals surface area (Å²) in [6.07, 6.45) is -7.51. The molecule has 0 aromatic heterocycles. The number of halogens is 3. The molecule has 106 valence electrons. The summed E-state index contributed by atoms with van der Waals surface area (Å²) < 4.78 is 42.4.